The second-order valence-corrected chi connectivity index (χ2v) is 8.41. The molecule has 184 valence electrons. The number of benzene rings is 2. The van der Waals surface area contributed by atoms with Gasteiger partial charge in [-0.1, -0.05) is 12.1 Å². The van der Waals surface area contributed by atoms with Crippen molar-refractivity contribution in [1.29, 1.82) is 0 Å². The number of nitrogens with one attached hydrogen (secondary N) is 2. The Bertz CT molecular complexity index is 1250. The van der Waals surface area contributed by atoms with Crippen LogP contribution in [0, 0.1) is 0 Å². The molecule has 0 bridgehead atoms. The van der Waals surface area contributed by atoms with E-state index in [0.717, 1.165) is 17.8 Å². The summed E-state index contributed by atoms with van der Waals surface area (Å²) in [5, 5.41) is 5.78. The summed E-state index contributed by atoms with van der Waals surface area (Å²) < 4.78 is 50.3. The smallest absolute Gasteiger partial charge is 0.416 e. The Morgan fingerprint density at radius 1 is 1.06 bits per heavy atom. The van der Waals surface area contributed by atoms with E-state index >= 15 is 0 Å². The van der Waals surface area contributed by atoms with Gasteiger partial charge in [0.25, 0.3) is 5.91 Å². The monoisotopic (exact) mass is 486 g/mol. The predicted octanol–water partition coefficient (Wildman–Crippen LogP) is 5.33. The number of halogens is 3. The Kier molecular flexibility index (Phi) is 6.60. The number of dihydropyridines is 1. The molecule has 2 aromatic rings. The summed E-state index contributed by atoms with van der Waals surface area (Å²) in [6.45, 7) is 1.72. The number of ether oxygens (including phenoxy) is 2. The molecule has 0 unspecified atom stereocenters. The van der Waals surface area contributed by atoms with E-state index in [4.69, 9.17) is 9.47 Å². The van der Waals surface area contributed by atoms with Gasteiger partial charge in [0.1, 0.15) is 0 Å². The van der Waals surface area contributed by atoms with Crippen molar-refractivity contribution in [2.75, 3.05) is 19.5 Å². The quantitative estimate of drug-likeness (QED) is 0.598. The van der Waals surface area contributed by atoms with E-state index in [0.29, 0.717) is 47.6 Å². The van der Waals surface area contributed by atoms with Gasteiger partial charge in [0.05, 0.1) is 19.8 Å². The van der Waals surface area contributed by atoms with Crippen LogP contribution in [0.25, 0.3) is 0 Å². The largest absolute Gasteiger partial charge is 0.493 e. The number of carbonyl (C=O) groups is 2. The van der Waals surface area contributed by atoms with Crippen molar-refractivity contribution in [3.05, 3.63) is 76.1 Å². The number of alkyl halides is 3. The Balaban J connectivity index is 1.79. The molecule has 0 saturated heterocycles. The van der Waals surface area contributed by atoms with E-state index in [1.807, 2.05) is 0 Å². The van der Waals surface area contributed by atoms with Crippen molar-refractivity contribution in [1.82, 2.24) is 5.32 Å². The Morgan fingerprint density at radius 2 is 1.80 bits per heavy atom. The first-order valence-electron chi connectivity index (χ1n) is 11.1. The summed E-state index contributed by atoms with van der Waals surface area (Å²) in [7, 11) is 2.99. The maximum atomic E-state index is 13.5. The van der Waals surface area contributed by atoms with Gasteiger partial charge in [-0.25, -0.2) is 0 Å². The van der Waals surface area contributed by atoms with Crippen LogP contribution in [-0.4, -0.2) is 25.9 Å². The SMILES string of the molecule is COc1ccc([C@@H]2C(C(=O)Nc3cccc(C(F)(F)F)c3)=C(C)NC3=C2C(=O)CCC3)cc1OC. The molecule has 2 N–H and O–H groups in total. The van der Waals surface area contributed by atoms with Crippen LogP contribution in [0.1, 0.15) is 43.2 Å². The van der Waals surface area contributed by atoms with E-state index in [1.54, 1.807) is 25.1 Å². The second-order valence-electron chi connectivity index (χ2n) is 8.41. The zero-order valence-electron chi connectivity index (χ0n) is 19.5. The van der Waals surface area contributed by atoms with E-state index < -0.39 is 23.6 Å². The molecule has 1 amide bonds. The minimum atomic E-state index is -4.54. The Hall–Kier alpha value is -3.75. The van der Waals surface area contributed by atoms with Crippen LogP contribution in [0.2, 0.25) is 0 Å². The maximum Gasteiger partial charge on any atom is 0.416 e. The van der Waals surface area contributed by atoms with Crippen molar-refractivity contribution in [3.63, 3.8) is 0 Å². The second kappa shape index (κ2) is 9.48. The van der Waals surface area contributed by atoms with Crippen molar-refractivity contribution in [3.8, 4) is 11.5 Å². The van der Waals surface area contributed by atoms with Gasteiger partial charge in [0, 0.05) is 40.6 Å². The highest BCUT2D eigenvalue weighted by Gasteiger charge is 2.39. The molecule has 2 aliphatic rings. The standard InChI is InChI=1S/C26H25F3N2O4/c1-14-22(25(33)31-17-7-4-6-16(13-17)26(27,28)29)23(24-18(30-14)8-5-9-19(24)32)15-10-11-20(34-2)21(12-15)35-3/h4,6-7,10-13,23,30H,5,8-9H2,1-3H3,(H,31,33)/t23-/m1/s1. The highest BCUT2D eigenvalue weighted by atomic mass is 19.4. The lowest BCUT2D eigenvalue weighted by atomic mass is 9.75. The minimum absolute atomic E-state index is 0.00549. The van der Waals surface area contributed by atoms with Gasteiger partial charge in [0.2, 0.25) is 0 Å². The summed E-state index contributed by atoms with van der Waals surface area (Å²) in [5.74, 6) is -0.464. The van der Waals surface area contributed by atoms with E-state index in [1.165, 1.54) is 26.4 Å². The molecule has 2 aromatic carbocycles. The molecule has 4 rings (SSSR count). The minimum Gasteiger partial charge on any atom is -0.493 e. The molecule has 35 heavy (non-hydrogen) atoms. The number of methoxy groups -OCH3 is 2. The van der Waals surface area contributed by atoms with Crippen LogP contribution in [0.3, 0.4) is 0 Å². The molecule has 9 heteroatoms. The number of Topliss-reactive ketones (excluding diaryl/α,β-unsaturated/α-hetero) is 1. The van der Waals surface area contributed by atoms with Crippen molar-refractivity contribution in [2.45, 2.75) is 38.3 Å². The van der Waals surface area contributed by atoms with Crippen LogP contribution in [-0.2, 0) is 15.8 Å². The first kappa shape index (κ1) is 24.4. The summed E-state index contributed by atoms with van der Waals surface area (Å²) >= 11 is 0. The number of allylic oxidation sites excluding steroid dienone is 3. The van der Waals surface area contributed by atoms with Gasteiger partial charge < -0.3 is 20.1 Å². The highest BCUT2D eigenvalue weighted by Crippen LogP contribution is 2.44. The topological polar surface area (TPSA) is 76.7 Å². The molecule has 0 radical (unpaired) electrons. The molecule has 1 aliphatic carbocycles. The van der Waals surface area contributed by atoms with Gasteiger partial charge in [-0.05, 0) is 55.7 Å². The molecule has 1 aliphatic heterocycles. The molecular formula is C26H25F3N2O4. The van der Waals surface area contributed by atoms with Crippen LogP contribution in [0.4, 0.5) is 18.9 Å². The summed E-state index contributed by atoms with van der Waals surface area (Å²) in [6, 6.07) is 9.61. The third-order valence-electron chi connectivity index (χ3n) is 6.21. The third-order valence-corrected chi connectivity index (χ3v) is 6.21. The van der Waals surface area contributed by atoms with Crippen LogP contribution >= 0.6 is 0 Å². The fourth-order valence-electron chi connectivity index (χ4n) is 4.62. The predicted molar refractivity (Wildman–Crippen MR) is 124 cm³/mol. The first-order valence-corrected chi connectivity index (χ1v) is 11.1. The zero-order valence-corrected chi connectivity index (χ0v) is 19.5. The summed E-state index contributed by atoms with van der Waals surface area (Å²) in [5.41, 5.74) is 1.81. The summed E-state index contributed by atoms with van der Waals surface area (Å²) in [6.07, 6.45) is -2.84. The Labute approximate surface area is 200 Å². The number of hydrogen-bond acceptors (Lipinski definition) is 5. The number of rotatable bonds is 5. The van der Waals surface area contributed by atoms with E-state index in [-0.39, 0.29) is 17.0 Å². The van der Waals surface area contributed by atoms with Gasteiger partial charge >= 0.3 is 6.18 Å². The van der Waals surface area contributed by atoms with Gasteiger partial charge in [-0.3, -0.25) is 9.59 Å². The maximum absolute atomic E-state index is 13.5. The number of amides is 1. The molecule has 0 saturated carbocycles. The van der Waals surface area contributed by atoms with Gasteiger partial charge in [0.15, 0.2) is 17.3 Å². The van der Waals surface area contributed by atoms with Crippen LogP contribution in [0.15, 0.2) is 65.0 Å². The lowest BCUT2D eigenvalue weighted by molar-refractivity contribution is -0.137. The Morgan fingerprint density at radius 3 is 2.49 bits per heavy atom. The number of hydrogen-bond donors (Lipinski definition) is 2. The molecule has 6 nitrogen and oxygen atoms in total. The molecule has 1 atom stereocenters. The molecule has 0 fully saturated rings. The van der Waals surface area contributed by atoms with Crippen molar-refractivity contribution < 1.29 is 32.2 Å². The summed E-state index contributed by atoms with van der Waals surface area (Å²) in [4.78, 5) is 26.5. The molecule has 1 heterocycles. The number of anilines is 1. The fraction of sp³-hybridized carbons (Fsp3) is 0.308. The zero-order chi connectivity index (χ0) is 25.3. The van der Waals surface area contributed by atoms with Crippen molar-refractivity contribution in [2.24, 2.45) is 0 Å². The first-order chi connectivity index (χ1) is 16.6. The molecule has 0 spiro atoms. The average molecular weight is 486 g/mol. The normalized spacial score (nSPS) is 18.1. The lowest BCUT2D eigenvalue weighted by Crippen LogP contribution is -2.35. The lowest BCUT2D eigenvalue weighted by Gasteiger charge is -2.34. The third kappa shape index (κ3) is 4.76. The van der Waals surface area contributed by atoms with Crippen LogP contribution in [0.5, 0.6) is 11.5 Å². The van der Waals surface area contributed by atoms with Crippen molar-refractivity contribution >= 4 is 17.4 Å². The van der Waals surface area contributed by atoms with E-state index in [2.05, 4.69) is 10.6 Å². The number of carbonyl (C=O) groups excluding carboxylic acids is 2. The molecular weight excluding hydrogens is 461 g/mol. The number of ketones is 1. The molecule has 0 aromatic heterocycles. The highest BCUT2D eigenvalue weighted by molar-refractivity contribution is 6.09. The van der Waals surface area contributed by atoms with Gasteiger partial charge in [-0.2, -0.15) is 13.2 Å². The van der Waals surface area contributed by atoms with Crippen LogP contribution < -0.4 is 20.1 Å². The van der Waals surface area contributed by atoms with E-state index in [9.17, 15) is 22.8 Å². The van der Waals surface area contributed by atoms with Gasteiger partial charge in [-0.15, -0.1) is 0 Å². The fourth-order valence-corrected chi connectivity index (χ4v) is 4.62. The average Bonchev–Trinajstić information content (AvgIpc) is 2.82.